The van der Waals surface area contributed by atoms with Crippen molar-refractivity contribution < 1.29 is 14.3 Å². The summed E-state index contributed by atoms with van der Waals surface area (Å²) in [6.45, 7) is 1.75. The van der Waals surface area contributed by atoms with Crippen molar-refractivity contribution in [2.24, 2.45) is 0 Å². The summed E-state index contributed by atoms with van der Waals surface area (Å²) in [5, 5.41) is 3.01. The molecule has 1 rings (SSSR count). The third kappa shape index (κ3) is 3.98. The molecule has 0 spiro atoms. The van der Waals surface area contributed by atoms with Gasteiger partial charge in [0, 0.05) is 5.69 Å². The Bertz CT molecular complexity index is 327. The number of hydrogen-bond acceptors (Lipinski definition) is 4. The van der Waals surface area contributed by atoms with E-state index in [1.165, 1.54) is 7.11 Å². The van der Waals surface area contributed by atoms with Gasteiger partial charge in [-0.2, -0.15) is 0 Å². The number of benzene rings is 1. The summed E-state index contributed by atoms with van der Waals surface area (Å²) >= 11 is 0. The van der Waals surface area contributed by atoms with Crippen molar-refractivity contribution in [2.75, 3.05) is 19.5 Å². The molecule has 0 fully saturated rings. The fourth-order valence-corrected chi connectivity index (χ4v) is 1.17. The Morgan fingerprint density at radius 1 is 1.25 bits per heavy atom. The molecule has 5 heteroatoms. The maximum atomic E-state index is 11.1. The van der Waals surface area contributed by atoms with Crippen molar-refractivity contribution in [3.8, 4) is 5.75 Å². The second-order valence-corrected chi connectivity index (χ2v) is 3.12. The van der Waals surface area contributed by atoms with E-state index in [9.17, 15) is 4.79 Å². The van der Waals surface area contributed by atoms with E-state index in [2.05, 4.69) is 10.1 Å². The van der Waals surface area contributed by atoms with Crippen molar-refractivity contribution in [3.63, 3.8) is 0 Å². The number of esters is 1. The van der Waals surface area contributed by atoms with E-state index in [4.69, 9.17) is 4.74 Å². The van der Waals surface area contributed by atoms with Gasteiger partial charge in [0.05, 0.1) is 14.2 Å². The average Bonchev–Trinajstić information content (AvgIpc) is 2.29. The lowest BCUT2D eigenvalue weighted by atomic mass is 10.2. The summed E-state index contributed by atoms with van der Waals surface area (Å²) in [5.74, 6) is 0.497. The number of anilines is 1. The van der Waals surface area contributed by atoms with Crippen LogP contribution in [0.2, 0.25) is 0 Å². The molecule has 0 aliphatic carbocycles. The monoisotopic (exact) mass is 245 g/mol. The summed E-state index contributed by atoms with van der Waals surface area (Å²) in [4.78, 5) is 11.1. The molecular formula is C11H16ClNO3. The Labute approximate surface area is 101 Å². The third-order valence-corrected chi connectivity index (χ3v) is 2.03. The zero-order valence-electron chi connectivity index (χ0n) is 9.52. The summed E-state index contributed by atoms with van der Waals surface area (Å²) in [7, 11) is 2.98. The van der Waals surface area contributed by atoms with Crippen LogP contribution < -0.4 is 10.1 Å². The van der Waals surface area contributed by atoms with Gasteiger partial charge in [-0.3, -0.25) is 0 Å². The molecule has 0 heterocycles. The summed E-state index contributed by atoms with van der Waals surface area (Å²) in [6.07, 6.45) is 0. The normalized spacial score (nSPS) is 10.9. The van der Waals surface area contributed by atoms with E-state index in [0.29, 0.717) is 0 Å². The van der Waals surface area contributed by atoms with Gasteiger partial charge in [0.15, 0.2) is 0 Å². The molecule has 16 heavy (non-hydrogen) atoms. The van der Waals surface area contributed by atoms with Gasteiger partial charge in [-0.1, -0.05) is 0 Å². The predicted molar refractivity (Wildman–Crippen MR) is 65.3 cm³/mol. The van der Waals surface area contributed by atoms with Crippen molar-refractivity contribution in [2.45, 2.75) is 13.0 Å². The highest BCUT2D eigenvalue weighted by molar-refractivity contribution is 5.85. The van der Waals surface area contributed by atoms with Crippen LogP contribution in [-0.2, 0) is 9.53 Å². The lowest BCUT2D eigenvalue weighted by Crippen LogP contribution is -2.27. The number of ether oxygens (including phenoxy) is 2. The SMILES string of the molecule is COC(=O)C(C)Nc1ccc(OC)cc1.Cl. The van der Waals surface area contributed by atoms with Crippen LogP contribution in [0.5, 0.6) is 5.75 Å². The van der Waals surface area contributed by atoms with Gasteiger partial charge < -0.3 is 14.8 Å². The van der Waals surface area contributed by atoms with E-state index in [0.717, 1.165) is 11.4 Å². The first-order valence-corrected chi connectivity index (χ1v) is 4.65. The molecule has 0 aliphatic rings. The summed E-state index contributed by atoms with van der Waals surface area (Å²) in [6, 6.07) is 6.98. The molecule has 0 radical (unpaired) electrons. The number of methoxy groups -OCH3 is 2. The van der Waals surface area contributed by atoms with Gasteiger partial charge in [-0.15, -0.1) is 12.4 Å². The molecule has 0 aromatic heterocycles. The largest absolute Gasteiger partial charge is 0.497 e. The maximum Gasteiger partial charge on any atom is 0.327 e. The smallest absolute Gasteiger partial charge is 0.327 e. The standard InChI is InChI=1S/C11H15NO3.ClH/c1-8(11(13)15-3)12-9-4-6-10(14-2)7-5-9;/h4-8,12H,1-3H3;1H. The first kappa shape index (κ1) is 14.6. The zero-order chi connectivity index (χ0) is 11.3. The number of rotatable bonds is 4. The Balaban J connectivity index is 0.00000225. The van der Waals surface area contributed by atoms with E-state index in [-0.39, 0.29) is 24.4 Å². The third-order valence-electron chi connectivity index (χ3n) is 2.03. The Hall–Kier alpha value is -1.42. The van der Waals surface area contributed by atoms with E-state index in [1.807, 2.05) is 24.3 Å². The first-order valence-electron chi connectivity index (χ1n) is 4.65. The number of hydrogen-bond donors (Lipinski definition) is 1. The van der Waals surface area contributed by atoms with Crippen molar-refractivity contribution in [1.29, 1.82) is 0 Å². The van der Waals surface area contributed by atoms with E-state index >= 15 is 0 Å². The van der Waals surface area contributed by atoms with Crippen molar-refractivity contribution in [3.05, 3.63) is 24.3 Å². The molecule has 0 aliphatic heterocycles. The summed E-state index contributed by atoms with van der Waals surface area (Å²) < 4.78 is 9.63. The molecule has 1 aromatic rings. The van der Waals surface area contributed by atoms with Crippen LogP contribution in [0.1, 0.15) is 6.92 Å². The molecule has 0 saturated heterocycles. The van der Waals surface area contributed by atoms with Crippen molar-refractivity contribution >= 4 is 24.1 Å². The molecular weight excluding hydrogens is 230 g/mol. The molecule has 1 aromatic carbocycles. The quantitative estimate of drug-likeness (QED) is 0.826. The summed E-state index contributed by atoms with van der Waals surface area (Å²) in [5.41, 5.74) is 0.855. The lowest BCUT2D eigenvalue weighted by molar-refractivity contribution is -0.141. The molecule has 1 atom stereocenters. The van der Waals surface area contributed by atoms with Gasteiger partial charge in [0.1, 0.15) is 11.8 Å². The Kier molecular flexibility index (Phi) is 6.34. The van der Waals surface area contributed by atoms with Crippen LogP contribution in [0.25, 0.3) is 0 Å². The first-order chi connectivity index (χ1) is 7.17. The van der Waals surface area contributed by atoms with E-state index < -0.39 is 0 Å². The topological polar surface area (TPSA) is 47.6 Å². The van der Waals surface area contributed by atoms with Crippen LogP contribution in [0, 0.1) is 0 Å². The highest BCUT2D eigenvalue weighted by Gasteiger charge is 2.11. The molecule has 0 bridgehead atoms. The minimum atomic E-state index is -0.358. The van der Waals surface area contributed by atoms with Crippen molar-refractivity contribution in [1.82, 2.24) is 0 Å². The Morgan fingerprint density at radius 2 is 1.81 bits per heavy atom. The second kappa shape index (κ2) is 6.95. The maximum absolute atomic E-state index is 11.1. The van der Waals surface area contributed by atoms with Gasteiger partial charge in [-0.05, 0) is 31.2 Å². The highest BCUT2D eigenvalue weighted by Crippen LogP contribution is 2.15. The number of nitrogens with one attached hydrogen (secondary N) is 1. The van der Waals surface area contributed by atoms with Crippen LogP contribution >= 0.6 is 12.4 Å². The highest BCUT2D eigenvalue weighted by atomic mass is 35.5. The van der Waals surface area contributed by atoms with Gasteiger partial charge in [0.2, 0.25) is 0 Å². The molecule has 0 amide bonds. The van der Waals surface area contributed by atoms with Gasteiger partial charge >= 0.3 is 5.97 Å². The fraction of sp³-hybridized carbons (Fsp3) is 0.364. The second-order valence-electron chi connectivity index (χ2n) is 3.12. The minimum absolute atomic E-state index is 0. The number of carbonyl (C=O) groups excluding carboxylic acids is 1. The Morgan fingerprint density at radius 3 is 2.25 bits per heavy atom. The molecule has 1 unspecified atom stereocenters. The number of halogens is 1. The van der Waals surface area contributed by atoms with Crippen LogP contribution in [0.3, 0.4) is 0 Å². The van der Waals surface area contributed by atoms with Crippen LogP contribution in [-0.4, -0.2) is 26.2 Å². The van der Waals surface area contributed by atoms with Crippen LogP contribution in [0.15, 0.2) is 24.3 Å². The number of carbonyl (C=O) groups is 1. The minimum Gasteiger partial charge on any atom is -0.497 e. The molecule has 1 N–H and O–H groups in total. The lowest BCUT2D eigenvalue weighted by Gasteiger charge is -2.12. The van der Waals surface area contributed by atoms with Crippen LogP contribution in [0.4, 0.5) is 5.69 Å². The van der Waals surface area contributed by atoms with E-state index in [1.54, 1.807) is 14.0 Å². The molecule has 90 valence electrons. The van der Waals surface area contributed by atoms with Gasteiger partial charge in [0.25, 0.3) is 0 Å². The molecule has 0 saturated carbocycles. The fourth-order valence-electron chi connectivity index (χ4n) is 1.17. The average molecular weight is 246 g/mol. The molecule has 4 nitrogen and oxygen atoms in total. The predicted octanol–water partition coefficient (Wildman–Crippen LogP) is 2.09. The van der Waals surface area contributed by atoms with Gasteiger partial charge in [-0.25, -0.2) is 4.79 Å². The zero-order valence-corrected chi connectivity index (χ0v) is 10.3.